The van der Waals surface area contributed by atoms with E-state index < -0.39 is 0 Å². The highest BCUT2D eigenvalue weighted by Gasteiger charge is 1.92. The van der Waals surface area contributed by atoms with E-state index in [1.807, 2.05) is 54.6 Å². The van der Waals surface area contributed by atoms with Gasteiger partial charge < -0.3 is 18.8 Å². The second-order valence-corrected chi connectivity index (χ2v) is 5.71. The van der Waals surface area contributed by atoms with Gasteiger partial charge in [0.2, 0.25) is 0 Å². The average molecular weight is 371 g/mol. The minimum Gasteiger partial charge on any atom is -0.465 e. The molecule has 0 saturated heterocycles. The van der Waals surface area contributed by atoms with Gasteiger partial charge in [-0.05, 0) is 30.3 Å². The molecule has 0 aliphatic rings. The predicted octanol–water partition coefficient (Wildman–Crippen LogP) is 5.11. The van der Waals surface area contributed by atoms with Crippen molar-refractivity contribution in [3.63, 3.8) is 0 Å². The van der Waals surface area contributed by atoms with Crippen molar-refractivity contribution >= 4 is 33.5 Å². The van der Waals surface area contributed by atoms with Crippen LogP contribution in [0.5, 0.6) is 0 Å². The summed E-state index contributed by atoms with van der Waals surface area (Å²) in [6.45, 7) is 0. The van der Waals surface area contributed by atoms with Crippen LogP contribution in [0.25, 0.3) is 33.5 Å². The van der Waals surface area contributed by atoms with Gasteiger partial charge in [-0.1, -0.05) is 18.2 Å². The maximum absolute atomic E-state index is 5.67. The van der Waals surface area contributed by atoms with E-state index in [4.69, 9.17) is 8.83 Å². The Kier molecular flexibility index (Phi) is 5.25. The van der Waals surface area contributed by atoms with Gasteiger partial charge >= 0.3 is 0 Å². The molecule has 138 valence electrons. The molecule has 2 aromatic heterocycles. The fourth-order valence-corrected chi connectivity index (χ4v) is 2.49. The maximum atomic E-state index is 5.67. The Hall–Kier alpha value is -4.13. The highest BCUT2D eigenvalue weighted by molar-refractivity contribution is 5.72. The van der Waals surface area contributed by atoms with Gasteiger partial charge in [-0.25, -0.2) is 9.97 Å². The predicted molar refractivity (Wildman–Crippen MR) is 107 cm³/mol. The molecule has 4 aromatic rings. The van der Waals surface area contributed by atoms with Gasteiger partial charge in [0, 0.05) is 23.8 Å². The lowest BCUT2D eigenvalue weighted by Gasteiger charge is -1.95. The molecule has 4 bridgehead atoms. The molecule has 0 spiro atoms. The van der Waals surface area contributed by atoms with E-state index >= 15 is 0 Å². The minimum absolute atomic E-state index is 0.631. The molecule has 0 fully saturated rings. The Balaban J connectivity index is 2.04. The molecule has 0 amide bonds. The lowest BCUT2D eigenvalue weighted by Crippen LogP contribution is -1.84. The first kappa shape index (κ1) is 17.3. The molecule has 0 atom stereocenters. The van der Waals surface area contributed by atoms with E-state index in [-0.39, 0.29) is 0 Å². The summed E-state index contributed by atoms with van der Waals surface area (Å²) in [5.74, 6) is 0. The molecule has 7 heteroatoms. The summed E-state index contributed by atoms with van der Waals surface area (Å²) < 4.78 is 11.2. The Bertz CT molecular complexity index is 1300. The lowest BCUT2D eigenvalue weighted by molar-refractivity contribution is 0.601. The summed E-state index contributed by atoms with van der Waals surface area (Å²) in [4.78, 5) is 19.2. The zero-order chi connectivity index (χ0) is 19.0. The topological polar surface area (TPSA) is 96.5 Å². The summed E-state index contributed by atoms with van der Waals surface area (Å²) >= 11 is 0. The molecule has 4 rings (SSSR count). The van der Waals surface area contributed by atoms with Crippen LogP contribution in [0.2, 0.25) is 0 Å². The minimum atomic E-state index is 0.631. The van der Waals surface area contributed by atoms with Crippen LogP contribution in [-0.4, -0.2) is 24.9 Å². The van der Waals surface area contributed by atoms with Crippen LogP contribution >= 0.6 is 0 Å². The van der Waals surface area contributed by atoms with E-state index in [9.17, 15) is 0 Å². The smallest absolute Gasteiger partial charge is 0.150 e. The van der Waals surface area contributed by atoms with Crippen molar-refractivity contribution in [2.75, 3.05) is 0 Å². The van der Waals surface area contributed by atoms with Crippen LogP contribution in [-0.2, 0) is 0 Å². The number of hydrogen-bond donors (Lipinski definition) is 2. The van der Waals surface area contributed by atoms with Crippen molar-refractivity contribution in [2.45, 2.75) is 0 Å². The molecular formula is C21H17N5O2. The van der Waals surface area contributed by atoms with Crippen molar-refractivity contribution in [1.82, 2.24) is 24.9 Å². The quantitative estimate of drug-likeness (QED) is 0.448. The number of aromatic amines is 2. The van der Waals surface area contributed by atoms with E-state index in [0.717, 1.165) is 11.0 Å². The van der Waals surface area contributed by atoms with Crippen LogP contribution in [0.3, 0.4) is 0 Å². The Morgan fingerprint density at radius 3 is 2.57 bits per heavy atom. The fraction of sp³-hybridized carbons (Fsp3) is 0. The Labute approximate surface area is 159 Å². The van der Waals surface area contributed by atoms with Crippen LogP contribution in [0.1, 0.15) is 0 Å². The SMILES string of the molecule is c1cnccoc2ccccc2[nH]c2cc(ncn2)[nH]c2cccc(c2)oc1. The molecule has 0 aliphatic carbocycles. The summed E-state index contributed by atoms with van der Waals surface area (Å²) in [6.07, 6.45) is 7.71. The van der Waals surface area contributed by atoms with Crippen molar-refractivity contribution in [2.24, 2.45) is 0 Å². The van der Waals surface area contributed by atoms with Crippen molar-refractivity contribution in [3.05, 3.63) is 91.9 Å². The van der Waals surface area contributed by atoms with Crippen molar-refractivity contribution in [3.8, 4) is 0 Å². The molecule has 0 unspecified atom stereocenters. The summed E-state index contributed by atoms with van der Waals surface area (Å²) in [6, 6.07) is 18.6. The molecule has 7 nitrogen and oxygen atoms in total. The molecule has 0 radical (unpaired) electrons. The monoisotopic (exact) mass is 371 g/mol. The van der Waals surface area contributed by atoms with Gasteiger partial charge in [0.1, 0.15) is 35.1 Å². The summed E-state index contributed by atoms with van der Waals surface area (Å²) in [7, 11) is 0. The first-order valence-electron chi connectivity index (χ1n) is 8.59. The number of H-pyrrole nitrogens is 2. The van der Waals surface area contributed by atoms with Gasteiger partial charge in [-0.15, -0.1) is 0 Å². The number of hydrogen-bond acceptors (Lipinski definition) is 5. The van der Waals surface area contributed by atoms with Crippen LogP contribution < -0.4 is 0 Å². The number of para-hydroxylation sites is 2. The normalized spacial score (nSPS) is 10.1. The van der Waals surface area contributed by atoms with Crippen LogP contribution in [0, 0.1) is 0 Å². The second-order valence-electron chi connectivity index (χ2n) is 5.71. The van der Waals surface area contributed by atoms with Crippen molar-refractivity contribution < 1.29 is 8.83 Å². The zero-order valence-corrected chi connectivity index (χ0v) is 14.8. The van der Waals surface area contributed by atoms with Crippen molar-refractivity contribution in [1.29, 1.82) is 0 Å². The molecule has 0 aliphatic heterocycles. The number of fused-ring (bicyclic) bond motifs is 5. The molecule has 2 aromatic carbocycles. The Morgan fingerprint density at radius 2 is 1.61 bits per heavy atom. The third-order valence-electron chi connectivity index (χ3n) is 3.72. The largest absolute Gasteiger partial charge is 0.465 e. The molecule has 2 heterocycles. The average Bonchev–Trinajstić information content (AvgIpc) is 2.71. The number of nitrogens with zero attached hydrogens (tertiary/aromatic N) is 3. The first-order valence-corrected chi connectivity index (χ1v) is 8.59. The highest BCUT2D eigenvalue weighted by atomic mass is 16.3. The second kappa shape index (κ2) is 8.50. The fourth-order valence-electron chi connectivity index (χ4n) is 2.49. The first-order chi connectivity index (χ1) is 13.9. The van der Waals surface area contributed by atoms with Crippen LogP contribution in [0.4, 0.5) is 0 Å². The number of aromatic nitrogens is 5. The number of nitrogens with one attached hydrogen (secondary N) is 2. The van der Waals surface area contributed by atoms with Gasteiger partial charge in [0.25, 0.3) is 0 Å². The lowest BCUT2D eigenvalue weighted by atomic mass is 10.3. The molecular weight excluding hydrogens is 354 g/mol. The van der Waals surface area contributed by atoms with Gasteiger partial charge in [0.05, 0.1) is 18.0 Å². The maximum Gasteiger partial charge on any atom is 0.150 e. The number of rotatable bonds is 0. The summed E-state index contributed by atoms with van der Waals surface area (Å²) in [5.41, 5.74) is 4.24. The van der Waals surface area contributed by atoms with Gasteiger partial charge in [0.15, 0.2) is 0 Å². The Morgan fingerprint density at radius 1 is 0.714 bits per heavy atom. The molecule has 0 saturated carbocycles. The van der Waals surface area contributed by atoms with E-state index in [0.29, 0.717) is 22.5 Å². The zero-order valence-electron chi connectivity index (χ0n) is 14.8. The third-order valence-corrected chi connectivity index (χ3v) is 3.72. The van der Waals surface area contributed by atoms with Gasteiger partial charge in [-0.2, -0.15) is 0 Å². The number of benzene rings is 2. The molecule has 2 N–H and O–H groups in total. The standard InChI is InChI=1S/C21H17N5O2/c1-2-8-19-18(7-1)26-21-14-20(23-15-24-21)25-16-5-3-6-17(13-16)27-11-4-9-22-10-12-28-19/h1-15H,(H2,23,24,25,26). The van der Waals surface area contributed by atoms with E-state index in [2.05, 4.69) is 24.9 Å². The van der Waals surface area contributed by atoms with E-state index in [1.165, 1.54) is 12.6 Å². The van der Waals surface area contributed by atoms with E-state index in [1.54, 1.807) is 24.7 Å². The highest BCUT2D eigenvalue weighted by Crippen LogP contribution is 2.09. The third kappa shape index (κ3) is 4.53. The van der Waals surface area contributed by atoms with Gasteiger partial charge in [-0.3, -0.25) is 4.98 Å². The van der Waals surface area contributed by atoms with Crippen LogP contribution in [0.15, 0.2) is 101 Å². The molecule has 28 heavy (non-hydrogen) atoms. The summed E-state index contributed by atoms with van der Waals surface area (Å²) in [5, 5.41) is 0.